The van der Waals surface area contributed by atoms with Gasteiger partial charge in [0, 0.05) is 12.7 Å². The highest BCUT2D eigenvalue weighted by atomic mass is 16.4. The molecule has 1 aromatic rings. The van der Waals surface area contributed by atoms with E-state index in [9.17, 15) is 4.79 Å². The van der Waals surface area contributed by atoms with Gasteiger partial charge in [0.1, 0.15) is 5.82 Å². The summed E-state index contributed by atoms with van der Waals surface area (Å²) in [5.41, 5.74) is 0.115. The third-order valence-electron chi connectivity index (χ3n) is 1.88. The number of nitrogens with zero attached hydrogens (tertiary/aromatic N) is 3. The summed E-state index contributed by atoms with van der Waals surface area (Å²) in [5.74, 6) is -0.188. The lowest BCUT2D eigenvalue weighted by atomic mass is 10.5. The van der Waals surface area contributed by atoms with Crippen molar-refractivity contribution in [2.75, 3.05) is 14.1 Å². The summed E-state index contributed by atoms with van der Waals surface area (Å²) in [4.78, 5) is 16.7. The smallest absolute Gasteiger partial charge is 0.356 e. The minimum atomic E-state index is -0.975. The van der Waals surface area contributed by atoms with E-state index < -0.39 is 5.97 Å². The minimum Gasteiger partial charge on any atom is -0.476 e. The van der Waals surface area contributed by atoms with Gasteiger partial charge < -0.3 is 14.6 Å². The Morgan fingerprint density at radius 3 is 2.71 bits per heavy atom. The molecule has 0 amide bonds. The summed E-state index contributed by atoms with van der Waals surface area (Å²) >= 11 is 0. The maximum atomic E-state index is 10.7. The Labute approximate surface area is 83.0 Å². The third-order valence-corrected chi connectivity index (χ3v) is 1.88. The van der Waals surface area contributed by atoms with E-state index in [1.165, 1.54) is 0 Å². The van der Waals surface area contributed by atoms with Crippen molar-refractivity contribution in [2.24, 2.45) is 0 Å². The molecule has 0 saturated carbocycles. The van der Waals surface area contributed by atoms with Gasteiger partial charge in [0.25, 0.3) is 0 Å². The van der Waals surface area contributed by atoms with Gasteiger partial charge >= 0.3 is 5.97 Å². The van der Waals surface area contributed by atoms with Gasteiger partial charge in [-0.25, -0.2) is 9.78 Å². The van der Waals surface area contributed by atoms with Crippen molar-refractivity contribution >= 4 is 5.97 Å². The van der Waals surface area contributed by atoms with Gasteiger partial charge in [0.15, 0.2) is 5.69 Å². The van der Waals surface area contributed by atoms with E-state index in [0.29, 0.717) is 6.54 Å². The Kier molecular flexibility index (Phi) is 3.24. The highest BCUT2D eigenvalue weighted by Gasteiger charge is 2.12. The molecule has 1 rings (SSSR count). The van der Waals surface area contributed by atoms with Crippen molar-refractivity contribution in [1.29, 1.82) is 0 Å². The second-order valence-corrected chi connectivity index (χ2v) is 3.37. The second kappa shape index (κ2) is 4.23. The van der Waals surface area contributed by atoms with Gasteiger partial charge in [-0.1, -0.05) is 0 Å². The van der Waals surface area contributed by atoms with Gasteiger partial charge in [-0.15, -0.1) is 0 Å². The molecule has 14 heavy (non-hydrogen) atoms. The maximum Gasteiger partial charge on any atom is 0.356 e. The highest BCUT2D eigenvalue weighted by Crippen LogP contribution is 2.05. The van der Waals surface area contributed by atoms with Crippen LogP contribution in [0.4, 0.5) is 0 Å². The van der Waals surface area contributed by atoms with Crippen LogP contribution in [-0.4, -0.2) is 39.6 Å². The summed E-state index contributed by atoms with van der Waals surface area (Å²) in [7, 11) is 3.85. The molecular formula is C9H15N3O2. The van der Waals surface area contributed by atoms with E-state index in [0.717, 1.165) is 12.4 Å². The number of aromatic nitrogens is 2. The topological polar surface area (TPSA) is 58.4 Å². The zero-order valence-electron chi connectivity index (χ0n) is 8.69. The molecule has 0 unspecified atom stereocenters. The number of aromatic carboxylic acids is 1. The Balaban J connectivity index is 2.96. The molecule has 1 heterocycles. The molecule has 0 aliphatic carbocycles. The Hall–Kier alpha value is -1.36. The van der Waals surface area contributed by atoms with Crippen molar-refractivity contribution in [2.45, 2.75) is 20.0 Å². The summed E-state index contributed by atoms with van der Waals surface area (Å²) in [6.07, 6.45) is 1.57. The Morgan fingerprint density at radius 2 is 2.29 bits per heavy atom. The average molecular weight is 197 g/mol. The van der Waals surface area contributed by atoms with E-state index in [1.54, 1.807) is 6.20 Å². The monoisotopic (exact) mass is 197 g/mol. The molecule has 0 atom stereocenters. The first kappa shape index (κ1) is 10.7. The Morgan fingerprint density at radius 1 is 1.64 bits per heavy atom. The molecular weight excluding hydrogens is 182 g/mol. The van der Waals surface area contributed by atoms with Crippen molar-refractivity contribution in [3.8, 4) is 0 Å². The maximum absolute atomic E-state index is 10.7. The third kappa shape index (κ3) is 2.32. The number of aryl methyl sites for hydroxylation is 1. The lowest BCUT2D eigenvalue weighted by molar-refractivity contribution is 0.0690. The van der Waals surface area contributed by atoms with E-state index >= 15 is 0 Å². The van der Waals surface area contributed by atoms with Crippen molar-refractivity contribution in [3.05, 3.63) is 17.7 Å². The standard InChI is InChI=1S/C9H15N3O2/c1-4-12-5-7(9(13)14)10-8(12)6-11(2)3/h5H,4,6H2,1-3H3,(H,13,14). The molecule has 0 bridgehead atoms. The first-order valence-corrected chi connectivity index (χ1v) is 4.48. The number of carboxylic acid groups (broad SMARTS) is 1. The fraction of sp³-hybridized carbons (Fsp3) is 0.556. The SMILES string of the molecule is CCn1cc(C(=O)O)nc1CN(C)C. The molecule has 0 saturated heterocycles. The largest absolute Gasteiger partial charge is 0.476 e. The van der Waals surface area contributed by atoms with E-state index in [1.807, 2.05) is 30.5 Å². The summed E-state index contributed by atoms with van der Waals surface area (Å²) in [6, 6.07) is 0. The molecule has 0 spiro atoms. The molecule has 78 valence electrons. The molecule has 1 aromatic heterocycles. The van der Waals surface area contributed by atoms with Crippen molar-refractivity contribution in [1.82, 2.24) is 14.5 Å². The van der Waals surface area contributed by atoms with Crippen LogP contribution in [0.25, 0.3) is 0 Å². The molecule has 0 radical (unpaired) electrons. The molecule has 1 N–H and O–H groups in total. The number of hydrogen-bond donors (Lipinski definition) is 1. The van der Waals surface area contributed by atoms with Gasteiger partial charge in [-0.2, -0.15) is 0 Å². The summed E-state index contributed by atoms with van der Waals surface area (Å²) < 4.78 is 1.85. The van der Waals surface area contributed by atoms with Crippen LogP contribution in [-0.2, 0) is 13.1 Å². The van der Waals surface area contributed by atoms with Gasteiger partial charge in [-0.05, 0) is 21.0 Å². The molecule has 0 aromatic carbocycles. The molecule has 5 heteroatoms. The van der Waals surface area contributed by atoms with Crippen LogP contribution >= 0.6 is 0 Å². The second-order valence-electron chi connectivity index (χ2n) is 3.37. The van der Waals surface area contributed by atoms with Gasteiger partial charge in [0.05, 0.1) is 6.54 Å². The zero-order valence-corrected chi connectivity index (χ0v) is 8.69. The normalized spacial score (nSPS) is 10.9. The van der Waals surface area contributed by atoms with E-state index in [2.05, 4.69) is 4.98 Å². The minimum absolute atomic E-state index is 0.115. The Bertz CT molecular complexity index is 331. The van der Waals surface area contributed by atoms with Crippen LogP contribution in [0.3, 0.4) is 0 Å². The first-order valence-electron chi connectivity index (χ1n) is 4.48. The van der Waals surface area contributed by atoms with Gasteiger partial charge in [0.2, 0.25) is 0 Å². The predicted molar refractivity (Wildman–Crippen MR) is 52.3 cm³/mol. The van der Waals surface area contributed by atoms with E-state index in [4.69, 9.17) is 5.11 Å². The molecule has 0 fully saturated rings. The number of hydrogen-bond acceptors (Lipinski definition) is 3. The number of carboxylic acids is 1. The van der Waals surface area contributed by atoms with Crippen LogP contribution in [0.15, 0.2) is 6.20 Å². The molecule has 5 nitrogen and oxygen atoms in total. The fourth-order valence-corrected chi connectivity index (χ4v) is 1.24. The van der Waals surface area contributed by atoms with Crippen LogP contribution in [0.5, 0.6) is 0 Å². The van der Waals surface area contributed by atoms with Gasteiger partial charge in [-0.3, -0.25) is 0 Å². The summed E-state index contributed by atoms with van der Waals surface area (Å²) in [5, 5.41) is 8.76. The van der Waals surface area contributed by atoms with Crippen molar-refractivity contribution in [3.63, 3.8) is 0 Å². The number of carbonyl (C=O) groups is 1. The number of imidazole rings is 1. The molecule has 0 aliphatic rings. The molecule has 0 aliphatic heterocycles. The van der Waals surface area contributed by atoms with Crippen LogP contribution in [0.2, 0.25) is 0 Å². The first-order chi connectivity index (χ1) is 6.54. The number of rotatable bonds is 4. The zero-order chi connectivity index (χ0) is 10.7. The van der Waals surface area contributed by atoms with Crippen LogP contribution in [0.1, 0.15) is 23.2 Å². The quantitative estimate of drug-likeness (QED) is 0.770. The highest BCUT2D eigenvalue weighted by molar-refractivity contribution is 5.85. The van der Waals surface area contributed by atoms with Crippen LogP contribution in [0, 0.1) is 0 Å². The van der Waals surface area contributed by atoms with Crippen molar-refractivity contribution < 1.29 is 9.90 Å². The fourth-order valence-electron chi connectivity index (χ4n) is 1.24. The lowest BCUT2D eigenvalue weighted by Gasteiger charge is -2.09. The predicted octanol–water partition coefficient (Wildman–Crippen LogP) is 0.663. The summed E-state index contributed by atoms with van der Waals surface area (Å²) in [6.45, 7) is 3.36. The van der Waals surface area contributed by atoms with Crippen LogP contribution < -0.4 is 0 Å². The average Bonchev–Trinajstić information content (AvgIpc) is 2.46. The van der Waals surface area contributed by atoms with E-state index in [-0.39, 0.29) is 5.69 Å². The lowest BCUT2D eigenvalue weighted by Crippen LogP contribution is -2.15.